The van der Waals surface area contributed by atoms with Gasteiger partial charge >= 0.3 is 0 Å². The van der Waals surface area contributed by atoms with Gasteiger partial charge in [-0.05, 0) is 13.8 Å². The van der Waals surface area contributed by atoms with Gasteiger partial charge in [0.2, 0.25) is 0 Å². The molecule has 0 amide bonds. The minimum Gasteiger partial charge on any atom is -0.377 e. The first-order chi connectivity index (χ1) is 8.41. The molecule has 0 atom stereocenters. The Labute approximate surface area is 111 Å². The van der Waals surface area contributed by atoms with Gasteiger partial charge in [-0.3, -0.25) is 4.79 Å². The Morgan fingerprint density at radius 3 is 2.89 bits per heavy atom. The first-order valence-corrected chi connectivity index (χ1v) is 5.77. The lowest BCUT2D eigenvalue weighted by atomic mass is 10.1. The Morgan fingerprint density at radius 2 is 2.33 bits per heavy atom. The molecule has 0 saturated heterocycles. The number of aromatic nitrogens is 2. The lowest BCUT2D eigenvalue weighted by Crippen LogP contribution is -2.35. The second kappa shape index (κ2) is 5.89. The van der Waals surface area contributed by atoms with E-state index < -0.39 is 5.60 Å². The SMILES string of the molecule is C#CCn1ncc(Cl)c(NCC(C)(C)OC)c1=O. The van der Waals surface area contributed by atoms with Gasteiger partial charge < -0.3 is 10.1 Å². The molecule has 0 aliphatic heterocycles. The van der Waals surface area contributed by atoms with Crippen molar-refractivity contribution in [3.05, 3.63) is 21.6 Å². The van der Waals surface area contributed by atoms with E-state index >= 15 is 0 Å². The van der Waals surface area contributed by atoms with E-state index in [-0.39, 0.29) is 22.8 Å². The highest BCUT2D eigenvalue weighted by Crippen LogP contribution is 2.17. The van der Waals surface area contributed by atoms with Crippen molar-refractivity contribution in [2.24, 2.45) is 0 Å². The van der Waals surface area contributed by atoms with Crippen LogP contribution in [0.2, 0.25) is 5.02 Å². The minimum absolute atomic E-state index is 0.109. The van der Waals surface area contributed by atoms with Gasteiger partial charge in [-0.25, -0.2) is 4.68 Å². The molecule has 1 aromatic heterocycles. The third kappa shape index (κ3) is 3.49. The molecule has 1 heterocycles. The molecule has 1 rings (SSSR count). The zero-order valence-electron chi connectivity index (χ0n) is 10.7. The van der Waals surface area contributed by atoms with Crippen LogP contribution in [0.3, 0.4) is 0 Å². The van der Waals surface area contributed by atoms with Crippen molar-refractivity contribution in [3.63, 3.8) is 0 Å². The average molecular weight is 270 g/mol. The summed E-state index contributed by atoms with van der Waals surface area (Å²) in [4.78, 5) is 12.0. The molecule has 18 heavy (non-hydrogen) atoms. The zero-order valence-corrected chi connectivity index (χ0v) is 11.4. The van der Waals surface area contributed by atoms with Crippen LogP contribution in [0.25, 0.3) is 0 Å². The van der Waals surface area contributed by atoms with E-state index in [0.29, 0.717) is 6.54 Å². The monoisotopic (exact) mass is 269 g/mol. The summed E-state index contributed by atoms with van der Waals surface area (Å²) in [5.74, 6) is 2.36. The normalized spacial score (nSPS) is 11.1. The van der Waals surface area contributed by atoms with Crippen molar-refractivity contribution in [1.82, 2.24) is 9.78 Å². The number of halogens is 1. The van der Waals surface area contributed by atoms with Gasteiger partial charge in [0.1, 0.15) is 12.2 Å². The molecular formula is C12H16ClN3O2. The number of ether oxygens (including phenoxy) is 1. The predicted molar refractivity (Wildman–Crippen MR) is 71.9 cm³/mol. The Hall–Kier alpha value is -1.51. The van der Waals surface area contributed by atoms with Gasteiger partial charge in [-0.1, -0.05) is 17.5 Å². The summed E-state index contributed by atoms with van der Waals surface area (Å²) in [5.41, 5.74) is -0.463. The van der Waals surface area contributed by atoms with Crippen LogP contribution >= 0.6 is 11.6 Å². The van der Waals surface area contributed by atoms with E-state index in [1.165, 1.54) is 10.9 Å². The van der Waals surface area contributed by atoms with E-state index in [2.05, 4.69) is 16.3 Å². The zero-order chi connectivity index (χ0) is 13.8. The van der Waals surface area contributed by atoms with Crippen molar-refractivity contribution in [3.8, 4) is 12.3 Å². The maximum atomic E-state index is 12.0. The molecule has 0 unspecified atom stereocenters. The van der Waals surface area contributed by atoms with Crippen LogP contribution < -0.4 is 10.9 Å². The molecular weight excluding hydrogens is 254 g/mol. The highest BCUT2D eigenvalue weighted by Gasteiger charge is 2.18. The minimum atomic E-state index is -0.407. The van der Waals surface area contributed by atoms with Crippen LogP contribution in [-0.2, 0) is 11.3 Å². The fourth-order valence-electron chi connectivity index (χ4n) is 1.20. The van der Waals surface area contributed by atoms with Crippen molar-refractivity contribution < 1.29 is 4.74 Å². The van der Waals surface area contributed by atoms with Crippen LogP contribution in [0.5, 0.6) is 0 Å². The van der Waals surface area contributed by atoms with Crippen molar-refractivity contribution in [2.75, 3.05) is 19.0 Å². The quantitative estimate of drug-likeness (QED) is 0.821. The van der Waals surface area contributed by atoms with Gasteiger partial charge in [0.25, 0.3) is 5.56 Å². The van der Waals surface area contributed by atoms with Crippen molar-refractivity contribution in [1.29, 1.82) is 0 Å². The molecule has 0 aliphatic rings. The van der Waals surface area contributed by atoms with E-state index in [1.807, 2.05) is 13.8 Å². The molecule has 0 radical (unpaired) electrons. The molecule has 0 aromatic carbocycles. The second-order valence-corrected chi connectivity index (χ2v) is 4.76. The summed E-state index contributed by atoms with van der Waals surface area (Å²) < 4.78 is 6.43. The number of hydrogen-bond acceptors (Lipinski definition) is 4. The molecule has 1 N–H and O–H groups in total. The molecule has 0 aliphatic carbocycles. The lowest BCUT2D eigenvalue weighted by molar-refractivity contribution is 0.0343. The van der Waals surface area contributed by atoms with Gasteiger partial charge in [0, 0.05) is 13.7 Å². The van der Waals surface area contributed by atoms with Gasteiger partial charge in [0.15, 0.2) is 0 Å². The number of nitrogens with zero attached hydrogens (tertiary/aromatic N) is 2. The van der Waals surface area contributed by atoms with Crippen molar-refractivity contribution in [2.45, 2.75) is 26.0 Å². The Bertz CT molecular complexity index is 517. The van der Waals surface area contributed by atoms with Crippen molar-refractivity contribution >= 4 is 17.3 Å². The number of terminal acetylenes is 1. The lowest BCUT2D eigenvalue weighted by Gasteiger charge is -2.23. The van der Waals surface area contributed by atoms with Crippen LogP contribution in [0.15, 0.2) is 11.0 Å². The van der Waals surface area contributed by atoms with Crippen LogP contribution in [0.4, 0.5) is 5.69 Å². The first kappa shape index (κ1) is 14.6. The highest BCUT2D eigenvalue weighted by atomic mass is 35.5. The smallest absolute Gasteiger partial charge is 0.292 e. The van der Waals surface area contributed by atoms with E-state index in [0.717, 1.165) is 0 Å². The van der Waals surface area contributed by atoms with E-state index in [4.69, 9.17) is 22.8 Å². The number of methoxy groups -OCH3 is 1. The molecule has 98 valence electrons. The van der Waals surface area contributed by atoms with E-state index in [9.17, 15) is 4.79 Å². The summed E-state index contributed by atoms with van der Waals surface area (Å²) in [7, 11) is 1.60. The number of rotatable bonds is 5. The third-order valence-electron chi connectivity index (χ3n) is 2.48. The summed E-state index contributed by atoms with van der Waals surface area (Å²) in [5, 5.41) is 7.09. The number of hydrogen-bond donors (Lipinski definition) is 1. The molecule has 1 aromatic rings. The van der Waals surface area contributed by atoms with Gasteiger partial charge in [-0.2, -0.15) is 5.10 Å². The number of nitrogens with one attached hydrogen (secondary N) is 1. The molecule has 5 nitrogen and oxygen atoms in total. The maximum Gasteiger partial charge on any atom is 0.292 e. The molecule has 0 fully saturated rings. The Balaban J connectivity index is 2.99. The van der Waals surface area contributed by atoms with Crippen LogP contribution in [-0.4, -0.2) is 29.0 Å². The first-order valence-electron chi connectivity index (χ1n) is 5.39. The van der Waals surface area contributed by atoms with Crippen LogP contribution in [0, 0.1) is 12.3 Å². The summed E-state index contributed by atoms with van der Waals surface area (Å²) in [6.45, 7) is 4.35. The maximum absolute atomic E-state index is 12.0. The third-order valence-corrected chi connectivity index (χ3v) is 2.77. The Kier molecular flexibility index (Phi) is 4.76. The standard InChI is InChI=1S/C12H16ClN3O2/c1-5-6-16-11(17)10(9(13)7-15-16)14-8-12(2,3)18-4/h1,7,14H,6,8H2,2-4H3. The Morgan fingerprint density at radius 1 is 1.67 bits per heavy atom. The molecule has 0 saturated carbocycles. The fourth-order valence-corrected chi connectivity index (χ4v) is 1.39. The average Bonchev–Trinajstić information content (AvgIpc) is 2.33. The summed E-state index contributed by atoms with van der Waals surface area (Å²) in [6.07, 6.45) is 6.55. The topological polar surface area (TPSA) is 56.1 Å². The summed E-state index contributed by atoms with van der Waals surface area (Å²) >= 11 is 5.94. The molecule has 6 heteroatoms. The fraction of sp³-hybridized carbons (Fsp3) is 0.500. The molecule has 0 bridgehead atoms. The number of anilines is 1. The van der Waals surface area contributed by atoms with Gasteiger partial charge in [-0.15, -0.1) is 6.42 Å². The summed E-state index contributed by atoms with van der Waals surface area (Å²) in [6, 6.07) is 0. The highest BCUT2D eigenvalue weighted by molar-refractivity contribution is 6.32. The largest absolute Gasteiger partial charge is 0.377 e. The molecule has 0 spiro atoms. The predicted octanol–water partition coefficient (Wildman–Crippen LogP) is 1.37. The van der Waals surface area contributed by atoms with Crippen LogP contribution in [0.1, 0.15) is 13.8 Å². The van der Waals surface area contributed by atoms with E-state index in [1.54, 1.807) is 7.11 Å². The second-order valence-electron chi connectivity index (χ2n) is 4.35. The van der Waals surface area contributed by atoms with Gasteiger partial charge in [0.05, 0.1) is 16.8 Å².